The van der Waals surface area contributed by atoms with Crippen LogP contribution in [0.5, 0.6) is 5.75 Å². The Balaban J connectivity index is 2.77. The van der Waals surface area contributed by atoms with E-state index in [0.717, 1.165) is 11.4 Å². The van der Waals surface area contributed by atoms with E-state index in [0.29, 0.717) is 24.9 Å². The molecule has 26 heavy (non-hydrogen) atoms. The molecule has 0 aliphatic carbocycles. The number of carbonyl (C=O) groups excluding carboxylic acids is 1. The van der Waals surface area contributed by atoms with Crippen LogP contribution in [0.2, 0.25) is 0 Å². The summed E-state index contributed by atoms with van der Waals surface area (Å²) in [7, 11) is 3.36. The number of rotatable bonds is 10. The first-order valence-electron chi connectivity index (χ1n) is 8.27. The highest BCUT2D eigenvalue weighted by molar-refractivity contribution is 6.13. The molecule has 0 heterocycles. The summed E-state index contributed by atoms with van der Waals surface area (Å²) in [5.41, 5.74) is 13.3. The first-order chi connectivity index (χ1) is 12.3. The molecule has 0 spiro atoms. The van der Waals surface area contributed by atoms with E-state index in [4.69, 9.17) is 20.9 Å². The normalized spacial score (nSPS) is 12.4. The van der Waals surface area contributed by atoms with Crippen molar-refractivity contribution in [2.45, 2.75) is 26.4 Å². The van der Waals surface area contributed by atoms with Gasteiger partial charge in [-0.05, 0) is 44.7 Å². The van der Waals surface area contributed by atoms with Crippen molar-refractivity contribution in [3.8, 4) is 5.75 Å². The van der Waals surface area contributed by atoms with Gasteiger partial charge in [-0.15, -0.1) is 0 Å². The number of anilines is 1. The summed E-state index contributed by atoms with van der Waals surface area (Å²) in [6, 6.07) is 7.78. The molecule has 1 rings (SSSR count). The number of benzene rings is 1. The lowest BCUT2D eigenvalue weighted by atomic mass is 10.1. The maximum atomic E-state index is 11.3. The van der Waals surface area contributed by atoms with Gasteiger partial charge in [-0.25, -0.2) is 0 Å². The third-order valence-electron chi connectivity index (χ3n) is 3.59. The van der Waals surface area contributed by atoms with Gasteiger partial charge in [-0.1, -0.05) is 0 Å². The monoisotopic (exact) mass is 360 g/mol. The zero-order valence-corrected chi connectivity index (χ0v) is 15.9. The van der Waals surface area contributed by atoms with E-state index in [1.807, 2.05) is 50.1 Å². The zero-order chi connectivity index (χ0) is 19.7. The van der Waals surface area contributed by atoms with Crippen LogP contribution in [0, 0.1) is 0 Å². The van der Waals surface area contributed by atoms with Gasteiger partial charge in [0.05, 0.1) is 18.8 Å². The number of methoxy groups -OCH3 is 1. The summed E-state index contributed by atoms with van der Waals surface area (Å²) < 4.78 is 10.5. The summed E-state index contributed by atoms with van der Waals surface area (Å²) >= 11 is 0. The molecule has 0 saturated carbocycles. The second-order valence-electron chi connectivity index (χ2n) is 5.98. The van der Waals surface area contributed by atoms with Crippen molar-refractivity contribution in [2.75, 3.05) is 25.6 Å². The minimum absolute atomic E-state index is 0.0119. The number of amidine groups is 1. The van der Waals surface area contributed by atoms with E-state index < -0.39 is 0 Å². The van der Waals surface area contributed by atoms with Crippen LogP contribution in [-0.2, 0) is 9.53 Å². The van der Waals surface area contributed by atoms with Crippen molar-refractivity contribution in [3.05, 3.63) is 48.0 Å². The van der Waals surface area contributed by atoms with E-state index >= 15 is 0 Å². The molecular weight excluding hydrogens is 332 g/mol. The van der Waals surface area contributed by atoms with E-state index in [1.54, 1.807) is 0 Å². The first kappa shape index (κ1) is 21.1. The number of hydrogen-bond acceptors (Lipinski definition) is 6. The Kier molecular flexibility index (Phi) is 8.21. The number of ether oxygens (including phenoxy) is 2. The molecule has 1 aromatic carbocycles. The van der Waals surface area contributed by atoms with Crippen LogP contribution in [-0.4, -0.2) is 38.9 Å². The van der Waals surface area contributed by atoms with E-state index in [2.05, 4.69) is 11.6 Å². The van der Waals surface area contributed by atoms with Crippen LogP contribution in [0.25, 0.3) is 0 Å². The molecule has 0 radical (unpaired) electrons. The van der Waals surface area contributed by atoms with Crippen molar-refractivity contribution in [1.82, 2.24) is 0 Å². The number of nitrogens with two attached hydrogens (primary N) is 2. The predicted molar refractivity (Wildman–Crippen MR) is 105 cm³/mol. The largest absolute Gasteiger partial charge is 0.491 e. The second kappa shape index (κ2) is 10.1. The van der Waals surface area contributed by atoms with Crippen molar-refractivity contribution < 1.29 is 14.3 Å². The molecule has 0 amide bonds. The van der Waals surface area contributed by atoms with Crippen molar-refractivity contribution >= 4 is 17.8 Å². The maximum Gasteiger partial charge on any atom is 0.207 e. The molecule has 0 aliphatic rings. The van der Waals surface area contributed by atoms with Gasteiger partial charge in [-0.3, -0.25) is 4.79 Å². The number of carbonyl (C=O) groups is 1. The van der Waals surface area contributed by atoms with Gasteiger partial charge in [0.1, 0.15) is 11.6 Å². The van der Waals surface area contributed by atoms with Gasteiger partial charge in [-0.2, -0.15) is 4.99 Å². The molecule has 4 N–H and O–H groups in total. The number of aldehydes is 1. The Morgan fingerprint density at radius 2 is 1.92 bits per heavy atom. The highest BCUT2D eigenvalue weighted by atomic mass is 16.5. The van der Waals surface area contributed by atoms with Crippen LogP contribution in [0.3, 0.4) is 0 Å². The van der Waals surface area contributed by atoms with Gasteiger partial charge in [0.2, 0.25) is 5.88 Å². The van der Waals surface area contributed by atoms with Crippen LogP contribution >= 0.6 is 0 Å². The van der Waals surface area contributed by atoms with Crippen molar-refractivity contribution in [3.63, 3.8) is 0 Å². The third kappa shape index (κ3) is 6.51. The quantitative estimate of drug-likeness (QED) is 0.218. The number of hydrogen-bond donors (Lipinski definition) is 2. The van der Waals surface area contributed by atoms with Crippen LogP contribution in [0.1, 0.15) is 20.3 Å². The molecule has 0 aromatic heterocycles. The number of aliphatic imine (C=N–C) groups is 1. The Hall–Kier alpha value is -2.96. The van der Waals surface area contributed by atoms with Crippen LogP contribution in [0.15, 0.2) is 53.0 Å². The lowest BCUT2D eigenvalue weighted by molar-refractivity contribution is -0.104. The number of nitrogens with zero attached hydrogens (tertiary/aromatic N) is 2. The van der Waals surface area contributed by atoms with E-state index in [1.165, 1.54) is 7.11 Å². The Bertz CT molecular complexity index is 679. The molecule has 7 nitrogen and oxygen atoms in total. The molecule has 0 saturated heterocycles. The fourth-order valence-electron chi connectivity index (χ4n) is 2.14. The first-order valence-corrected chi connectivity index (χ1v) is 8.27. The Morgan fingerprint density at radius 3 is 2.42 bits per heavy atom. The Morgan fingerprint density at radius 1 is 1.31 bits per heavy atom. The highest BCUT2D eigenvalue weighted by Gasteiger charge is 2.10. The van der Waals surface area contributed by atoms with Gasteiger partial charge in [0, 0.05) is 31.4 Å². The summed E-state index contributed by atoms with van der Waals surface area (Å²) in [5, 5.41) is 0. The molecular formula is C19H28N4O3. The average Bonchev–Trinajstić information content (AvgIpc) is 2.60. The molecule has 0 bridgehead atoms. The van der Waals surface area contributed by atoms with Gasteiger partial charge in [0.25, 0.3) is 0 Å². The van der Waals surface area contributed by atoms with Crippen LogP contribution < -0.4 is 21.1 Å². The summed E-state index contributed by atoms with van der Waals surface area (Å²) in [5.74, 6) is 0.917. The SMILES string of the molecule is C=C(N=C(N)/C(C=O)=C(\N)CCN(C)c1ccc(OC(C)C)cc1)OC. The molecule has 0 fully saturated rings. The summed E-state index contributed by atoms with van der Waals surface area (Å²) in [6.45, 7) is 8.11. The summed E-state index contributed by atoms with van der Waals surface area (Å²) in [4.78, 5) is 17.2. The van der Waals surface area contributed by atoms with E-state index in [-0.39, 0.29) is 23.4 Å². The molecule has 0 atom stereocenters. The molecule has 0 unspecified atom stereocenters. The lowest BCUT2D eigenvalue weighted by Gasteiger charge is -2.20. The van der Waals surface area contributed by atoms with Crippen molar-refractivity contribution in [2.24, 2.45) is 16.5 Å². The summed E-state index contributed by atoms with van der Waals surface area (Å²) in [6.07, 6.45) is 1.17. The van der Waals surface area contributed by atoms with Gasteiger partial charge in [0.15, 0.2) is 6.29 Å². The average molecular weight is 360 g/mol. The smallest absolute Gasteiger partial charge is 0.207 e. The standard InChI is InChI=1S/C19H28N4O3/c1-13(2)26-16-8-6-15(7-9-16)23(4)11-10-18(20)17(12-24)19(21)22-14(3)25-5/h6-9,12-13H,3,10-11,20H2,1-2,4-5H3,(H2,21,22)/b18-17-. The minimum atomic E-state index is -0.0119. The highest BCUT2D eigenvalue weighted by Crippen LogP contribution is 2.20. The van der Waals surface area contributed by atoms with Crippen molar-refractivity contribution in [1.29, 1.82) is 0 Å². The zero-order valence-electron chi connectivity index (χ0n) is 15.9. The Labute approximate surface area is 155 Å². The van der Waals surface area contributed by atoms with Gasteiger partial charge >= 0.3 is 0 Å². The molecule has 0 aliphatic heterocycles. The fourth-order valence-corrected chi connectivity index (χ4v) is 2.14. The lowest BCUT2D eigenvalue weighted by Crippen LogP contribution is -2.24. The third-order valence-corrected chi connectivity index (χ3v) is 3.59. The molecule has 1 aromatic rings. The predicted octanol–water partition coefficient (Wildman–Crippen LogP) is 2.19. The maximum absolute atomic E-state index is 11.3. The molecule has 7 heteroatoms. The van der Waals surface area contributed by atoms with Crippen LogP contribution in [0.4, 0.5) is 5.69 Å². The van der Waals surface area contributed by atoms with Gasteiger partial charge < -0.3 is 25.8 Å². The second-order valence-corrected chi connectivity index (χ2v) is 5.98. The van der Waals surface area contributed by atoms with E-state index in [9.17, 15) is 4.79 Å². The fraction of sp³-hybridized carbons (Fsp3) is 0.368. The molecule has 142 valence electrons. The minimum Gasteiger partial charge on any atom is -0.491 e. The topological polar surface area (TPSA) is 103 Å².